The molecule has 0 bridgehead atoms. The van der Waals surface area contributed by atoms with Crippen LogP contribution in [0.3, 0.4) is 0 Å². The molecule has 160 valence electrons. The van der Waals surface area contributed by atoms with E-state index >= 15 is 0 Å². The first kappa shape index (κ1) is 20.0. The molecule has 10 heteroatoms. The van der Waals surface area contributed by atoms with Crippen molar-refractivity contribution in [2.24, 2.45) is 21.5 Å². The maximum atomic E-state index is 12.2. The largest absolute Gasteiger partial charge is 0.444 e. The van der Waals surface area contributed by atoms with Gasteiger partial charge in [-0.05, 0) is 64.7 Å². The van der Waals surface area contributed by atoms with Crippen molar-refractivity contribution >= 4 is 40.5 Å². The molecule has 2 aliphatic rings. The van der Waals surface area contributed by atoms with Gasteiger partial charge in [0.05, 0.1) is 5.39 Å². The maximum absolute atomic E-state index is 12.2. The summed E-state index contributed by atoms with van der Waals surface area (Å²) in [4.78, 5) is 23.0. The molecule has 30 heavy (non-hydrogen) atoms. The number of anilines is 2. The van der Waals surface area contributed by atoms with Crippen LogP contribution in [-0.2, 0) is 4.74 Å². The van der Waals surface area contributed by atoms with Crippen LogP contribution in [0.5, 0.6) is 0 Å². The Kier molecular flexibility index (Phi) is 4.79. The smallest absolute Gasteiger partial charge is 0.413 e. The average Bonchev–Trinajstić information content (AvgIpc) is 3.02. The number of hydrogen-bond acceptors (Lipinski definition) is 9. The number of ether oxygens (including phenoxy) is 1. The van der Waals surface area contributed by atoms with Crippen LogP contribution in [0.2, 0.25) is 0 Å². The molecule has 1 spiro atoms. The summed E-state index contributed by atoms with van der Waals surface area (Å²) in [5.41, 5.74) is 12.4. The van der Waals surface area contributed by atoms with E-state index in [2.05, 4.69) is 20.5 Å². The van der Waals surface area contributed by atoms with E-state index in [1.807, 2.05) is 17.0 Å². The zero-order valence-electron chi connectivity index (χ0n) is 17.4. The zero-order chi connectivity index (χ0) is 21.5. The molecule has 0 radical (unpaired) electrons. The highest BCUT2D eigenvalue weighted by Crippen LogP contribution is 2.40. The van der Waals surface area contributed by atoms with E-state index in [9.17, 15) is 4.79 Å². The molecule has 1 aromatic carbocycles. The van der Waals surface area contributed by atoms with Gasteiger partial charge in [0.25, 0.3) is 0 Å². The van der Waals surface area contributed by atoms with Gasteiger partial charge in [0.2, 0.25) is 11.9 Å². The summed E-state index contributed by atoms with van der Waals surface area (Å²) in [6.07, 6.45) is 4.26. The number of aliphatic imine (C=N–C) groups is 2. The minimum atomic E-state index is -0.626. The molecule has 0 atom stereocenters. The lowest BCUT2D eigenvalue weighted by Gasteiger charge is -2.45. The number of benzene rings is 1. The second-order valence-corrected chi connectivity index (χ2v) is 8.66. The Morgan fingerprint density at radius 2 is 1.97 bits per heavy atom. The normalized spacial score (nSPS) is 18.8. The number of guanidine groups is 2. The number of nitrogens with two attached hydrogens (primary N) is 2. The van der Waals surface area contributed by atoms with Crippen LogP contribution < -0.4 is 21.7 Å². The quantitative estimate of drug-likeness (QED) is 0.685. The second-order valence-electron chi connectivity index (χ2n) is 8.66. The van der Waals surface area contributed by atoms with Crippen molar-refractivity contribution in [1.29, 1.82) is 0 Å². The second kappa shape index (κ2) is 7.19. The molecular formula is C20H27N7O3. The van der Waals surface area contributed by atoms with Crippen LogP contribution in [0.4, 0.5) is 16.3 Å². The van der Waals surface area contributed by atoms with E-state index in [4.69, 9.17) is 20.7 Å². The van der Waals surface area contributed by atoms with Crippen molar-refractivity contribution in [1.82, 2.24) is 5.16 Å². The van der Waals surface area contributed by atoms with E-state index in [1.54, 1.807) is 26.8 Å². The van der Waals surface area contributed by atoms with Gasteiger partial charge in [0, 0.05) is 5.69 Å². The zero-order valence-corrected chi connectivity index (χ0v) is 17.4. The summed E-state index contributed by atoms with van der Waals surface area (Å²) in [6, 6.07) is 5.51. The van der Waals surface area contributed by atoms with E-state index in [0.717, 1.165) is 37.8 Å². The van der Waals surface area contributed by atoms with Crippen molar-refractivity contribution in [3.05, 3.63) is 18.2 Å². The molecule has 0 unspecified atom stereocenters. The molecule has 1 aromatic heterocycles. The first-order valence-corrected chi connectivity index (χ1v) is 10.1. The average molecular weight is 413 g/mol. The highest BCUT2D eigenvalue weighted by atomic mass is 16.6. The Morgan fingerprint density at radius 1 is 1.23 bits per heavy atom. The molecule has 1 saturated carbocycles. The van der Waals surface area contributed by atoms with Gasteiger partial charge in [0.1, 0.15) is 11.3 Å². The monoisotopic (exact) mass is 413 g/mol. The molecule has 0 saturated heterocycles. The predicted octanol–water partition coefficient (Wildman–Crippen LogP) is 3.28. The van der Waals surface area contributed by atoms with Gasteiger partial charge in [-0.3, -0.25) is 10.2 Å². The van der Waals surface area contributed by atoms with Crippen molar-refractivity contribution in [2.45, 2.75) is 64.1 Å². The number of amides is 1. The van der Waals surface area contributed by atoms with Crippen molar-refractivity contribution in [2.75, 3.05) is 10.2 Å². The first-order chi connectivity index (χ1) is 14.2. The van der Waals surface area contributed by atoms with Gasteiger partial charge in [-0.2, -0.15) is 4.99 Å². The van der Waals surface area contributed by atoms with Gasteiger partial charge in [-0.25, -0.2) is 9.79 Å². The van der Waals surface area contributed by atoms with Crippen LogP contribution >= 0.6 is 0 Å². The first-order valence-electron chi connectivity index (χ1n) is 10.1. The van der Waals surface area contributed by atoms with Crippen LogP contribution in [-0.4, -0.2) is 34.4 Å². The number of carbonyl (C=O) groups excluding carboxylic acids is 1. The van der Waals surface area contributed by atoms with Crippen LogP contribution in [0.15, 0.2) is 32.7 Å². The number of hydrogen-bond donors (Lipinski definition) is 3. The maximum Gasteiger partial charge on any atom is 0.413 e. The lowest BCUT2D eigenvalue weighted by molar-refractivity contribution is 0.0635. The van der Waals surface area contributed by atoms with E-state index < -0.39 is 17.4 Å². The predicted molar refractivity (Wildman–Crippen MR) is 115 cm³/mol. The van der Waals surface area contributed by atoms with E-state index in [-0.39, 0.29) is 11.8 Å². The van der Waals surface area contributed by atoms with Crippen molar-refractivity contribution in [3.63, 3.8) is 0 Å². The molecule has 1 amide bonds. The molecule has 1 aliphatic heterocycles. The molecule has 1 fully saturated rings. The minimum Gasteiger partial charge on any atom is -0.444 e. The summed E-state index contributed by atoms with van der Waals surface area (Å²) in [7, 11) is 0. The Bertz CT molecular complexity index is 1030. The Hall–Kier alpha value is -3.30. The van der Waals surface area contributed by atoms with Gasteiger partial charge in [0.15, 0.2) is 11.4 Å². The van der Waals surface area contributed by atoms with Crippen molar-refractivity contribution in [3.8, 4) is 0 Å². The lowest BCUT2D eigenvalue weighted by atomic mass is 9.87. The van der Waals surface area contributed by atoms with Gasteiger partial charge >= 0.3 is 6.09 Å². The molecular weight excluding hydrogens is 386 g/mol. The Morgan fingerprint density at radius 3 is 2.67 bits per heavy atom. The van der Waals surface area contributed by atoms with Crippen LogP contribution in [0.25, 0.3) is 11.0 Å². The number of rotatable bonds is 2. The number of nitrogens with one attached hydrogen (secondary N) is 1. The summed E-state index contributed by atoms with van der Waals surface area (Å²) in [6.45, 7) is 5.37. The molecule has 10 nitrogen and oxygen atoms in total. The number of aromatic nitrogens is 1. The third kappa shape index (κ3) is 3.77. The van der Waals surface area contributed by atoms with Crippen molar-refractivity contribution < 1.29 is 14.1 Å². The van der Waals surface area contributed by atoms with Gasteiger partial charge in [-0.15, -0.1) is 0 Å². The molecule has 4 rings (SSSR count). The van der Waals surface area contributed by atoms with Gasteiger partial charge in [-0.1, -0.05) is 11.6 Å². The van der Waals surface area contributed by atoms with E-state index in [1.165, 1.54) is 0 Å². The fourth-order valence-corrected chi connectivity index (χ4v) is 4.05. The number of carbonyl (C=O) groups is 1. The Balaban J connectivity index is 1.70. The molecule has 5 N–H and O–H groups in total. The Labute approximate surface area is 174 Å². The summed E-state index contributed by atoms with van der Waals surface area (Å²) in [5, 5.41) is 7.24. The summed E-state index contributed by atoms with van der Waals surface area (Å²) in [5.74, 6) is 0.764. The van der Waals surface area contributed by atoms with Crippen LogP contribution in [0.1, 0.15) is 52.9 Å². The molecule has 2 heterocycles. The minimum absolute atomic E-state index is 0.198. The summed E-state index contributed by atoms with van der Waals surface area (Å²) < 4.78 is 10.7. The highest BCUT2D eigenvalue weighted by molar-refractivity contribution is 6.07. The van der Waals surface area contributed by atoms with E-state index in [0.29, 0.717) is 16.9 Å². The third-order valence-electron chi connectivity index (χ3n) is 5.18. The molecule has 2 aromatic rings. The topological polar surface area (TPSA) is 144 Å². The third-order valence-corrected chi connectivity index (χ3v) is 5.18. The van der Waals surface area contributed by atoms with Gasteiger partial charge < -0.3 is 20.7 Å². The lowest BCUT2D eigenvalue weighted by Crippen LogP contribution is -2.58. The standard InChI is InChI=1S/C20H27N7O3/c1-19(2,3)29-18(28)23-15-13-11-12(7-8-14(13)30-26-15)27-17(22)24-16(21)25-20(27)9-5-4-6-10-20/h7-8,11H,4-6,9-10H2,1-3H3,(H,23,26,28)(H4,21,22,24,25). The number of fused-ring (bicyclic) bond motifs is 1. The summed E-state index contributed by atoms with van der Waals surface area (Å²) >= 11 is 0. The van der Waals surface area contributed by atoms with Crippen LogP contribution in [0, 0.1) is 0 Å². The highest BCUT2D eigenvalue weighted by Gasteiger charge is 2.42. The SMILES string of the molecule is CC(C)(C)OC(=O)Nc1noc2ccc(N3C(N)=NC(N)=NC34CCCCC4)cc12. The molecule has 1 aliphatic carbocycles. The number of nitrogens with zero attached hydrogens (tertiary/aromatic N) is 4. The fourth-order valence-electron chi connectivity index (χ4n) is 4.05. The fraction of sp³-hybridized carbons (Fsp3) is 0.500.